The van der Waals surface area contributed by atoms with Gasteiger partial charge in [0.2, 0.25) is 0 Å². The highest BCUT2D eigenvalue weighted by Gasteiger charge is 2.25. The molecule has 3 nitrogen and oxygen atoms in total. The summed E-state index contributed by atoms with van der Waals surface area (Å²) in [6.45, 7) is 0. The summed E-state index contributed by atoms with van der Waals surface area (Å²) < 4.78 is 4.85. The molecule has 0 bridgehead atoms. The number of carbonyl (C=O) groups excluding carboxylic acids is 1. The Morgan fingerprint density at radius 2 is 1.29 bits per heavy atom. The first-order valence-electron chi connectivity index (χ1n) is 5.39. The van der Waals surface area contributed by atoms with E-state index in [9.17, 15) is 4.79 Å². The predicted molar refractivity (Wildman–Crippen MR) is 65.6 cm³/mol. The fourth-order valence-corrected chi connectivity index (χ4v) is 1.71. The van der Waals surface area contributed by atoms with Crippen LogP contribution < -0.4 is 4.90 Å². The quantitative estimate of drug-likeness (QED) is 0.855. The molecule has 0 aliphatic carbocycles. The van der Waals surface area contributed by atoms with Crippen LogP contribution in [-0.4, -0.2) is 13.2 Å². The molecule has 0 saturated heterocycles. The van der Waals surface area contributed by atoms with Crippen molar-refractivity contribution in [3.8, 4) is 0 Å². The molecule has 0 aliphatic heterocycles. The number of ether oxygens (including phenoxy) is 1. The molecule has 2 rings (SSSR count). The molecular formula is C14H14NO2+. The lowest BCUT2D eigenvalue weighted by Crippen LogP contribution is -3.05. The van der Waals surface area contributed by atoms with Gasteiger partial charge in [0.25, 0.3) is 0 Å². The Morgan fingerprint density at radius 3 is 1.65 bits per heavy atom. The average molecular weight is 228 g/mol. The van der Waals surface area contributed by atoms with Crippen LogP contribution in [0.25, 0.3) is 0 Å². The number of para-hydroxylation sites is 2. The highest BCUT2D eigenvalue weighted by Crippen LogP contribution is 2.07. The van der Waals surface area contributed by atoms with Crippen molar-refractivity contribution in [1.82, 2.24) is 0 Å². The SMILES string of the molecule is COC(=O)[NH+](c1ccccc1)c1ccccc1. The summed E-state index contributed by atoms with van der Waals surface area (Å²) in [5.74, 6) is 0. The summed E-state index contributed by atoms with van der Waals surface area (Å²) in [5.41, 5.74) is 1.73. The van der Waals surface area contributed by atoms with Crippen molar-refractivity contribution >= 4 is 17.5 Å². The van der Waals surface area contributed by atoms with E-state index in [1.165, 1.54) is 7.11 Å². The molecule has 0 aromatic heterocycles. The van der Waals surface area contributed by atoms with Crippen molar-refractivity contribution in [3.05, 3.63) is 60.7 Å². The van der Waals surface area contributed by atoms with Crippen molar-refractivity contribution in [2.45, 2.75) is 0 Å². The lowest BCUT2D eigenvalue weighted by atomic mass is 10.2. The van der Waals surface area contributed by atoms with Crippen LogP contribution in [0, 0.1) is 0 Å². The van der Waals surface area contributed by atoms with Crippen molar-refractivity contribution < 1.29 is 14.4 Å². The highest BCUT2D eigenvalue weighted by atomic mass is 16.5. The monoisotopic (exact) mass is 228 g/mol. The van der Waals surface area contributed by atoms with Crippen molar-refractivity contribution in [2.24, 2.45) is 0 Å². The topological polar surface area (TPSA) is 30.7 Å². The van der Waals surface area contributed by atoms with Crippen LogP contribution in [-0.2, 0) is 4.74 Å². The lowest BCUT2D eigenvalue weighted by molar-refractivity contribution is -0.675. The number of hydrogen-bond donors (Lipinski definition) is 1. The minimum atomic E-state index is -0.317. The van der Waals surface area contributed by atoms with Crippen LogP contribution in [0.4, 0.5) is 16.2 Å². The van der Waals surface area contributed by atoms with E-state index in [2.05, 4.69) is 0 Å². The second kappa shape index (κ2) is 5.27. The molecule has 0 radical (unpaired) electrons. The van der Waals surface area contributed by atoms with Crippen LogP contribution in [0.1, 0.15) is 0 Å². The molecule has 1 amide bonds. The molecule has 1 N–H and O–H groups in total. The largest absolute Gasteiger partial charge is 0.524 e. The minimum Gasteiger partial charge on any atom is -0.423 e. The van der Waals surface area contributed by atoms with Gasteiger partial charge in [-0.2, -0.15) is 9.69 Å². The highest BCUT2D eigenvalue weighted by molar-refractivity contribution is 5.64. The number of methoxy groups -OCH3 is 1. The third-order valence-corrected chi connectivity index (χ3v) is 2.51. The summed E-state index contributed by atoms with van der Waals surface area (Å²) in [7, 11) is 1.40. The van der Waals surface area contributed by atoms with Crippen LogP contribution in [0.2, 0.25) is 0 Å². The van der Waals surface area contributed by atoms with Gasteiger partial charge in [0, 0.05) is 24.3 Å². The molecule has 0 spiro atoms. The molecular weight excluding hydrogens is 214 g/mol. The third-order valence-electron chi connectivity index (χ3n) is 2.51. The van der Waals surface area contributed by atoms with Gasteiger partial charge in [-0.3, -0.25) is 0 Å². The van der Waals surface area contributed by atoms with Crippen molar-refractivity contribution in [3.63, 3.8) is 0 Å². The van der Waals surface area contributed by atoms with Crippen LogP contribution in [0.5, 0.6) is 0 Å². The van der Waals surface area contributed by atoms with Crippen LogP contribution >= 0.6 is 0 Å². The molecule has 2 aromatic carbocycles. The lowest BCUT2D eigenvalue weighted by Gasteiger charge is -2.13. The zero-order valence-corrected chi connectivity index (χ0v) is 9.59. The van der Waals surface area contributed by atoms with E-state index in [0.29, 0.717) is 4.90 Å². The Balaban J connectivity index is 2.43. The van der Waals surface area contributed by atoms with E-state index in [0.717, 1.165) is 11.4 Å². The molecule has 0 unspecified atom stereocenters. The van der Waals surface area contributed by atoms with E-state index < -0.39 is 0 Å². The molecule has 86 valence electrons. The van der Waals surface area contributed by atoms with Gasteiger partial charge in [0.1, 0.15) is 11.4 Å². The standard InChI is InChI=1S/C14H13NO2/c1-17-14(16)15(12-8-4-2-5-9-12)13-10-6-3-7-11-13/h2-11H,1H3/p+1. The van der Waals surface area contributed by atoms with Gasteiger partial charge in [-0.05, 0) is 0 Å². The second-order valence-electron chi connectivity index (χ2n) is 3.60. The maximum atomic E-state index is 11.9. The van der Waals surface area contributed by atoms with E-state index in [1.807, 2.05) is 60.7 Å². The normalized spacial score (nSPS) is 10.2. The van der Waals surface area contributed by atoms with Crippen LogP contribution in [0.3, 0.4) is 0 Å². The molecule has 2 aromatic rings. The molecule has 0 heterocycles. The number of hydrogen-bond acceptors (Lipinski definition) is 2. The van der Waals surface area contributed by atoms with Gasteiger partial charge in [0.15, 0.2) is 0 Å². The molecule has 3 heteroatoms. The van der Waals surface area contributed by atoms with E-state index in [-0.39, 0.29) is 6.09 Å². The number of rotatable bonds is 2. The third kappa shape index (κ3) is 2.52. The maximum Gasteiger partial charge on any atom is 0.524 e. The predicted octanol–water partition coefficient (Wildman–Crippen LogP) is 2.30. The van der Waals surface area contributed by atoms with E-state index >= 15 is 0 Å². The second-order valence-corrected chi connectivity index (χ2v) is 3.60. The summed E-state index contributed by atoms with van der Waals surface area (Å²) in [6, 6.07) is 19.1. The minimum absolute atomic E-state index is 0.317. The summed E-state index contributed by atoms with van der Waals surface area (Å²) in [5, 5.41) is 0. The maximum absolute atomic E-state index is 11.9. The molecule has 0 aliphatic rings. The number of nitrogens with one attached hydrogen (secondary N) is 1. The summed E-state index contributed by atoms with van der Waals surface area (Å²) >= 11 is 0. The van der Waals surface area contributed by atoms with Gasteiger partial charge in [0.05, 0.1) is 7.11 Å². The van der Waals surface area contributed by atoms with Gasteiger partial charge in [-0.1, -0.05) is 36.4 Å². The average Bonchev–Trinajstić information content (AvgIpc) is 2.41. The zero-order chi connectivity index (χ0) is 12.1. The van der Waals surface area contributed by atoms with Gasteiger partial charge >= 0.3 is 6.09 Å². The number of amides is 1. The Bertz CT molecular complexity index is 443. The first-order valence-corrected chi connectivity index (χ1v) is 5.39. The first-order chi connectivity index (χ1) is 8.33. The van der Waals surface area contributed by atoms with Gasteiger partial charge in [-0.15, -0.1) is 0 Å². The van der Waals surface area contributed by atoms with E-state index in [1.54, 1.807) is 0 Å². The summed E-state index contributed by atoms with van der Waals surface area (Å²) in [4.78, 5) is 12.4. The Labute approximate surface area is 100 Å². The zero-order valence-electron chi connectivity index (χ0n) is 9.59. The Morgan fingerprint density at radius 1 is 0.882 bits per heavy atom. The van der Waals surface area contributed by atoms with Gasteiger partial charge < -0.3 is 4.74 Å². The molecule has 0 atom stereocenters. The van der Waals surface area contributed by atoms with E-state index in [4.69, 9.17) is 4.74 Å². The molecule has 17 heavy (non-hydrogen) atoms. The summed E-state index contributed by atoms with van der Waals surface area (Å²) in [6.07, 6.45) is -0.317. The number of carbonyl (C=O) groups is 1. The number of quaternary nitrogens is 1. The van der Waals surface area contributed by atoms with Gasteiger partial charge in [-0.25, -0.2) is 0 Å². The number of benzene rings is 2. The van der Waals surface area contributed by atoms with Crippen LogP contribution in [0.15, 0.2) is 60.7 Å². The Kier molecular flexibility index (Phi) is 3.52. The van der Waals surface area contributed by atoms with Crippen molar-refractivity contribution in [1.29, 1.82) is 0 Å². The fraction of sp³-hybridized carbons (Fsp3) is 0.0714. The van der Waals surface area contributed by atoms with Crippen molar-refractivity contribution in [2.75, 3.05) is 7.11 Å². The molecule has 0 saturated carbocycles. The fourth-order valence-electron chi connectivity index (χ4n) is 1.71. The Hall–Kier alpha value is -2.13. The first kappa shape index (κ1) is 11.4. The molecule has 0 fully saturated rings. The smallest absolute Gasteiger partial charge is 0.423 e.